The fraction of sp³-hybridized carbons (Fsp3) is 0.273. The molecular weight excluding hydrogens is 266 g/mol. The molecule has 2 aromatic heterocycles. The van der Waals surface area contributed by atoms with Crippen LogP contribution in [-0.2, 0) is 6.54 Å². The Morgan fingerprint density at radius 3 is 2.95 bits per heavy atom. The molecule has 7 nitrogen and oxygen atoms in total. The van der Waals surface area contributed by atoms with Crippen LogP contribution in [0.5, 0.6) is 0 Å². The van der Waals surface area contributed by atoms with Crippen LogP contribution in [0.1, 0.15) is 12.5 Å². The second-order valence-electron chi connectivity index (χ2n) is 3.70. The first-order valence-electron chi connectivity index (χ1n) is 5.71. The largest absolute Gasteiger partial charge is 0.360 e. The van der Waals surface area contributed by atoms with E-state index < -0.39 is 4.92 Å². The van der Waals surface area contributed by atoms with Gasteiger partial charge in [-0.25, -0.2) is 4.98 Å². The van der Waals surface area contributed by atoms with Crippen molar-refractivity contribution in [2.24, 2.45) is 0 Å². The molecule has 0 saturated carbocycles. The molecule has 0 aromatic carbocycles. The first-order chi connectivity index (χ1) is 9.20. The average Bonchev–Trinajstić information content (AvgIpc) is 2.89. The molecule has 100 valence electrons. The second-order valence-corrected chi connectivity index (χ2v) is 4.48. The van der Waals surface area contributed by atoms with Crippen molar-refractivity contribution in [2.75, 3.05) is 17.2 Å². The van der Waals surface area contributed by atoms with E-state index in [0.717, 1.165) is 5.56 Å². The van der Waals surface area contributed by atoms with E-state index in [0.29, 0.717) is 19.0 Å². The molecule has 0 spiro atoms. The fourth-order valence-electron chi connectivity index (χ4n) is 1.46. The van der Waals surface area contributed by atoms with E-state index in [1.165, 1.54) is 6.20 Å². The molecule has 0 atom stereocenters. The van der Waals surface area contributed by atoms with Crippen LogP contribution >= 0.6 is 11.3 Å². The van der Waals surface area contributed by atoms with Crippen molar-refractivity contribution in [1.29, 1.82) is 0 Å². The Bertz CT molecular complexity index is 558. The van der Waals surface area contributed by atoms with Crippen molar-refractivity contribution in [1.82, 2.24) is 9.97 Å². The van der Waals surface area contributed by atoms with Gasteiger partial charge in [-0.15, -0.1) is 0 Å². The molecule has 0 aliphatic carbocycles. The van der Waals surface area contributed by atoms with E-state index >= 15 is 0 Å². The predicted molar refractivity (Wildman–Crippen MR) is 74.5 cm³/mol. The van der Waals surface area contributed by atoms with Crippen molar-refractivity contribution in [2.45, 2.75) is 13.5 Å². The minimum absolute atomic E-state index is 0.128. The number of aromatic nitrogens is 2. The number of nitrogens with one attached hydrogen (secondary N) is 2. The van der Waals surface area contributed by atoms with Crippen molar-refractivity contribution in [3.05, 3.63) is 38.7 Å². The molecule has 0 saturated heterocycles. The number of hydrogen-bond donors (Lipinski definition) is 2. The SMILES string of the molecule is CCNc1ncc([N+](=O)[O-])c(NCc2ccsc2)n1. The third kappa shape index (κ3) is 3.38. The summed E-state index contributed by atoms with van der Waals surface area (Å²) in [6.07, 6.45) is 1.21. The van der Waals surface area contributed by atoms with Gasteiger partial charge in [0.25, 0.3) is 0 Å². The monoisotopic (exact) mass is 279 g/mol. The quantitative estimate of drug-likeness (QED) is 0.623. The van der Waals surface area contributed by atoms with Gasteiger partial charge in [-0.1, -0.05) is 0 Å². The molecule has 0 bridgehead atoms. The summed E-state index contributed by atoms with van der Waals surface area (Å²) in [5, 5.41) is 20.7. The summed E-state index contributed by atoms with van der Waals surface area (Å²) in [7, 11) is 0. The van der Waals surface area contributed by atoms with Gasteiger partial charge in [-0.3, -0.25) is 10.1 Å². The van der Waals surface area contributed by atoms with E-state index in [-0.39, 0.29) is 11.5 Å². The third-order valence-electron chi connectivity index (χ3n) is 2.34. The van der Waals surface area contributed by atoms with Crippen molar-refractivity contribution in [3.8, 4) is 0 Å². The number of anilines is 2. The minimum Gasteiger partial charge on any atom is -0.360 e. The molecule has 2 aromatic rings. The molecule has 2 rings (SSSR count). The maximum Gasteiger partial charge on any atom is 0.329 e. The third-order valence-corrected chi connectivity index (χ3v) is 3.07. The molecule has 2 heterocycles. The molecule has 19 heavy (non-hydrogen) atoms. The Morgan fingerprint density at radius 2 is 2.32 bits per heavy atom. The molecule has 0 amide bonds. The summed E-state index contributed by atoms with van der Waals surface area (Å²) >= 11 is 1.58. The Hall–Kier alpha value is -2.22. The maximum atomic E-state index is 10.9. The Labute approximate surface area is 113 Å². The molecule has 2 N–H and O–H groups in total. The van der Waals surface area contributed by atoms with E-state index in [1.54, 1.807) is 11.3 Å². The number of thiophene rings is 1. The number of rotatable bonds is 6. The minimum atomic E-state index is -0.494. The van der Waals surface area contributed by atoms with Gasteiger partial charge in [-0.2, -0.15) is 16.3 Å². The van der Waals surface area contributed by atoms with Crippen LogP contribution < -0.4 is 10.6 Å². The first kappa shape index (κ1) is 13.2. The van der Waals surface area contributed by atoms with Crippen LogP contribution in [-0.4, -0.2) is 21.4 Å². The highest BCUT2D eigenvalue weighted by atomic mass is 32.1. The van der Waals surface area contributed by atoms with Crippen LogP contribution in [0, 0.1) is 10.1 Å². The summed E-state index contributed by atoms with van der Waals surface area (Å²) in [6.45, 7) is 3.05. The molecular formula is C11H13N5O2S. The normalized spacial score (nSPS) is 10.2. The summed E-state index contributed by atoms with van der Waals surface area (Å²) in [4.78, 5) is 18.4. The zero-order chi connectivity index (χ0) is 13.7. The molecule has 0 radical (unpaired) electrons. The standard InChI is InChI=1S/C11H13N5O2S/c1-2-12-11-14-6-9(16(17)18)10(15-11)13-5-8-3-4-19-7-8/h3-4,6-7H,2,5H2,1H3,(H2,12,13,14,15). The summed E-state index contributed by atoms with van der Waals surface area (Å²) < 4.78 is 0. The van der Waals surface area contributed by atoms with Crippen LogP contribution in [0.3, 0.4) is 0 Å². The smallest absolute Gasteiger partial charge is 0.329 e. The lowest BCUT2D eigenvalue weighted by Crippen LogP contribution is -2.08. The van der Waals surface area contributed by atoms with Crippen LogP contribution in [0.4, 0.5) is 17.5 Å². The van der Waals surface area contributed by atoms with Gasteiger partial charge in [-0.05, 0) is 29.3 Å². The number of nitro groups is 1. The topological polar surface area (TPSA) is 93.0 Å². The molecule has 8 heteroatoms. The summed E-state index contributed by atoms with van der Waals surface area (Å²) in [5.74, 6) is 0.600. The lowest BCUT2D eigenvalue weighted by atomic mass is 10.3. The number of hydrogen-bond acceptors (Lipinski definition) is 7. The van der Waals surface area contributed by atoms with Crippen LogP contribution in [0.2, 0.25) is 0 Å². The molecule has 0 aliphatic heterocycles. The van der Waals surface area contributed by atoms with E-state index in [2.05, 4.69) is 20.6 Å². The van der Waals surface area contributed by atoms with E-state index in [9.17, 15) is 10.1 Å². The highest BCUT2D eigenvalue weighted by Gasteiger charge is 2.16. The molecule has 0 unspecified atom stereocenters. The molecule has 0 fully saturated rings. The van der Waals surface area contributed by atoms with Crippen molar-refractivity contribution >= 4 is 28.8 Å². The van der Waals surface area contributed by atoms with Gasteiger partial charge in [0.1, 0.15) is 6.20 Å². The molecule has 0 aliphatic rings. The van der Waals surface area contributed by atoms with Crippen molar-refractivity contribution in [3.63, 3.8) is 0 Å². The van der Waals surface area contributed by atoms with Crippen LogP contribution in [0.25, 0.3) is 0 Å². The Morgan fingerprint density at radius 1 is 1.47 bits per heavy atom. The lowest BCUT2D eigenvalue weighted by Gasteiger charge is -2.07. The highest BCUT2D eigenvalue weighted by Crippen LogP contribution is 2.22. The number of nitrogens with zero attached hydrogens (tertiary/aromatic N) is 3. The van der Waals surface area contributed by atoms with Gasteiger partial charge in [0.15, 0.2) is 0 Å². The van der Waals surface area contributed by atoms with Gasteiger partial charge in [0.2, 0.25) is 11.8 Å². The Balaban J connectivity index is 2.19. The maximum absolute atomic E-state index is 10.9. The average molecular weight is 279 g/mol. The van der Waals surface area contributed by atoms with Gasteiger partial charge < -0.3 is 10.6 Å². The zero-order valence-electron chi connectivity index (χ0n) is 10.3. The summed E-state index contributed by atoms with van der Waals surface area (Å²) in [5.41, 5.74) is 0.930. The highest BCUT2D eigenvalue weighted by molar-refractivity contribution is 7.07. The zero-order valence-corrected chi connectivity index (χ0v) is 11.1. The second kappa shape index (κ2) is 6.10. The first-order valence-corrected chi connectivity index (χ1v) is 6.65. The van der Waals surface area contributed by atoms with E-state index in [4.69, 9.17) is 0 Å². The van der Waals surface area contributed by atoms with Crippen LogP contribution in [0.15, 0.2) is 23.0 Å². The summed E-state index contributed by atoms with van der Waals surface area (Å²) in [6, 6.07) is 1.95. The fourth-order valence-corrected chi connectivity index (χ4v) is 2.13. The van der Waals surface area contributed by atoms with Gasteiger partial charge in [0, 0.05) is 13.1 Å². The predicted octanol–water partition coefficient (Wildman–Crippen LogP) is 2.49. The lowest BCUT2D eigenvalue weighted by molar-refractivity contribution is -0.384. The van der Waals surface area contributed by atoms with Crippen molar-refractivity contribution < 1.29 is 4.92 Å². The van der Waals surface area contributed by atoms with Gasteiger partial charge in [0.05, 0.1) is 4.92 Å². The Kier molecular flexibility index (Phi) is 4.24. The van der Waals surface area contributed by atoms with E-state index in [1.807, 2.05) is 23.8 Å². The van der Waals surface area contributed by atoms with Gasteiger partial charge >= 0.3 is 5.69 Å².